The summed E-state index contributed by atoms with van der Waals surface area (Å²) in [6.45, 7) is 1.88. The second-order valence-corrected chi connectivity index (χ2v) is 8.53. The van der Waals surface area contributed by atoms with Crippen molar-refractivity contribution in [3.05, 3.63) is 95.1 Å². The molecule has 0 saturated carbocycles. The smallest absolute Gasteiger partial charge is 0.291 e. The number of carbonyl (C=O) groups excluding carboxylic acids is 1. The monoisotopic (exact) mass is 518 g/mol. The molecular formula is C27H24F2N6O3. The van der Waals surface area contributed by atoms with Crippen molar-refractivity contribution >= 4 is 34.9 Å². The molecule has 2 heterocycles. The molecule has 5 rings (SSSR count). The van der Waals surface area contributed by atoms with Crippen molar-refractivity contribution in [1.82, 2.24) is 0 Å². The molecule has 0 aromatic heterocycles. The first-order valence-corrected chi connectivity index (χ1v) is 11.9. The van der Waals surface area contributed by atoms with E-state index in [1.165, 1.54) is 0 Å². The number of fused-ring (bicyclic) bond motifs is 1. The van der Waals surface area contributed by atoms with Gasteiger partial charge in [0.25, 0.3) is 11.9 Å². The van der Waals surface area contributed by atoms with Gasteiger partial charge in [0.1, 0.15) is 17.2 Å². The van der Waals surface area contributed by atoms with E-state index in [2.05, 4.69) is 15.3 Å². The van der Waals surface area contributed by atoms with E-state index < -0.39 is 41.2 Å². The average Bonchev–Trinajstić information content (AvgIpc) is 3.05. The van der Waals surface area contributed by atoms with Crippen LogP contribution in [0.25, 0.3) is 0 Å². The van der Waals surface area contributed by atoms with Crippen LogP contribution < -0.4 is 16.0 Å². The molecule has 1 unspecified atom stereocenters. The van der Waals surface area contributed by atoms with Crippen molar-refractivity contribution < 1.29 is 23.0 Å². The summed E-state index contributed by atoms with van der Waals surface area (Å²) in [7, 11) is 0. The van der Waals surface area contributed by atoms with Gasteiger partial charge in [-0.05, 0) is 18.2 Å². The summed E-state index contributed by atoms with van der Waals surface area (Å²) in [5, 5.41) is 10.9. The van der Waals surface area contributed by atoms with Crippen molar-refractivity contribution in [3.63, 3.8) is 0 Å². The molecule has 1 saturated heterocycles. The number of nitrogens with one attached hydrogen (secondary N) is 2. The molecule has 3 aromatic rings. The molecule has 9 nitrogen and oxygen atoms in total. The fraction of sp³-hybridized carbons (Fsp3) is 0.185. The van der Waals surface area contributed by atoms with E-state index in [9.17, 15) is 13.6 Å². The molecule has 1 atom stereocenters. The first-order chi connectivity index (χ1) is 18.4. The predicted octanol–water partition coefficient (Wildman–Crippen LogP) is 3.27. The van der Waals surface area contributed by atoms with E-state index in [-0.39, 0.29) is 0 Å². The maximum absolute atomic E-state index is 14.8. The quantitative estimate of drug-likeness (QED) is 0.361. The number of amides is 1. The van der Waals surface area contributed by atoms with Crippen LogP contribution in [-0.2, 0) is 14.3 Å². The Morgan fingerprint density at radius 2 is 1.74 bits per heavy atom. The van der Waals surface area contributed by atoms with Crippen LogP contribution in [0.5, 0.6) is 0 Å². The first kappa shape index (κ1) is 25.0. The Morgan fingerprint density at radius 1 is 1.08 bits per heavy atom. The topological polar surface area (TPSA) is 125 Å². The Bertz CT molecular complexity index is 1410. The van der Waals surface area contributed by atoms with E-state index in [0.717, 1.165) is 17.7 Å². The Kier molecular flexibility index (Phi) is 7.09. The van der Waals surface area contributed by atoms with Gasteiger partial charge in [0.2, 0.25) is 12.1 Å². The molecule has 38 heavy (non-hydrogen) atoms. The number of nitrogens with two attached hydrogens (primary N) is 1. The molecule has 194 valence electrons. The Morgan fingerprint density at radius 3 is 2.45 bits per heavy atom. The van der Waals surface area contributed by atoms with Crippen LogP contribution >= 0.6 is 0 Å². The van der Waals surface area contributed by atoms with E-state index in [0.29, 0.717) is 49.0 Å². The van der Waals surface area contributed by atoms with Crippen LogP contribution in [0, 0.1) is 17.0 Å². The SMILES string of the molecule is N=C(O/C(N)=N/C1N=C(c2ccccc2)c2ccccc2NC1=O)c1c(F)cc(N2CCOCC2)cc1F. The largest absolute Gasteiger partial charge is 0.407 e. The number of anilines is 2. The number of nitrogens with zero attached hydrogens (tertiary/aromatic N) is 3. The number of ether oxygens (including phenoxy) is 2. The zero-order chi connectivity index (χ0) is 26.6. The summed E-state index contributed by atoms with van der Waals surface area (Å²) in [6, 6.07) is 18.0. The normalized spacial score (nSPS) is 17.7. The third kappa shape index (κ3) is 5.23. The van der Waals surface area contributed by atoms with Crippen molar-refractivity contribution in [2.24, 2.45) is 15.7 Å². The second-order valence-electron chi connectivity index (χ2n) is 8.53. The number of benzodiazepines with no additional fused rings is 1. The number of carbonyl (C=O) groups is 1. The van der Waals surface area contributed by atoms with Crippen LogP contribution in [0.4, 0.5) is 20.2 Å². The van der Waals surface area contributed by atoms with Gasteiger partial charge in [-0.1, -0.05) is 48.5 Å². The third-order valence-corrected chi connectivity index (χ3v) is 6.06. The summed E-state index contributed by atoms with van der Waals surface area (Å²) in [6.07, 6.45) is -1.37. The minimum absolute atomic E-state index is 0.332. The molecule has 0 bridgehead atoms. The van der Waals surface area contributed by atoms with E-state index in [1.807, 2.05) is 42.5 Å². The van der Waals surface area contributed by atoms with Crippen LogP contribution in [0.2, 0.25) is 0 Å². The van der Waals surface area contributed by atoms with E-state index in [1.54, 1.807) is 17.0 Å². The van der Waals surface area contributed by atoms with Crippen molar-refractivity contribution in [2.75, 3.05) is 36.5 Å². The number of morpholine rings is 1. The summed E-state index contributed by atoms with van der Waals surface area (Å²) in [4.78, 5) is 23.2. The highest BCUT2D eigenvalue weighted by Gasteiger charge is 2.27. The summed E-state index contributed by atoms with van der Waals surface area (Å²) >= 11 is 0. The molecule has 11 heteroatoms. The first-order valence-electron chi connectivity index (χ1n) is 11.9. The van der Waals surface area contributed by atoms with Crippen LogP contribution in [-0.4, -0.2) is 56.0 Å². The van der Waals surface area contributed by atoms with Crippen molar-refractivity contribution in [2.45, 2.75) is 6.17 Å². The molecule has 2 aliphatic heterocycles. The van der Waals surface area contributed by atoms with Gasteiger partial charge < -0.3 is 25.4 Å². The minimum Gasteiger partial charge on any atom is -0.407 e. The van der Waals surface area contributed by atoms with E-state index in [4.69, 9.17) is 20.6 Å². The highest BCUT2D eigenvalue weighted by atomic mass is 19.1. The van der Waals surface area contributed by atoms with Crippen molar-refractivity contribution in [1.29, 1.82) is 5.41 Å². The minimum atomic E-state index is -1.37. The predicted molar refractivity (Wildman–Crippen MR) is 140 cm³/mol. The van der Waals surface area contributed by atoms with Gasteiger partial charge in [-0.15, -0.1) is 0 Å². The van der Waals surface area contributed by atoms with Crippen LogP contribution in [0.1, 0.15) is 16.7 Å². The molecular weight excluding hydrogens is 494 g/mol. The van der Waals surface area contributed by atoms with E-state index >= 15 is 0 Å². The molecule has 3 aromatic carbocycles. The molecule has 2 aliphatic rings. The van der Waals surface area contributed by atoms with Gasteiger partial charge in [0, 0.05) is 29.9 Å². The molecule has 0 radical (unpaired) electrons. The van der Waals surface area contributed by atoms with Gasteiger partial charge in [-0.2, -0.15) is 4.99 Å². The van der Waals surface area contributed by atoms with Gasteiger partial charge in [-0.25, -0.2) is 13.8 Å². The Labute approximate surface area is 217 Å². The lowest BCUT2D eigenvalue weighted by atomic mass is 10.0. The molecule has 0 spiro atoms. The Balaban J connectivity index is 1.41. The lowest BCUT2D eigenvalue weighted by Crippen LogP contribution is -2.36. The maximum atomic E-state index is 14.8. The highest BCUT2D eigenvalue weighted by molar-refractivity contribution is 6.19. The summed E-state index contributed by atoms with van der Waals surface area (Å²) in [5.41, 5.74) is 7.95. The van der Waals surface area contributed by atoms with Gasteiger partial charge in [-0.3, -0.25) is 10.2 Å². The standard InChI is InChI=1S/C27H24F2N6O3/c28-19-14-17(35-10-12-37-13-11-35)15-20(29)22(19)24(30)38-27(31)34-25-26(36)32-21-9-5-4-8-18(21)23(33-25)16-6-2-1-3-7-16/h1-9,14-15,25,30H,10-13H2,(H2,31,34)(H,32,36). The second kappa shape index (κ2) is 10.8. The molecule has 0 aliphatic carbocycles. The highest BCUT2D eigenvalue weighted by Crippen LogP contribution is 2.26. The maximum Gasteiger partial charge on any atom is 0.291 e. The zero-order valence-electron chi connectivity index (χ0n) is 20.2. The fourth-order valence-electron chi connectivity index (χ4n) is 4.24. The number of benzene rings is 3. The van der Waals surface area contributed by atoms with Crippen LogP contribution in [0.3, 0.4) is 0 Å². The summed E-state index contributed by atoms with van der Waals surface area (Å²) in [5.74, 6) is -3.46. The molecule has 4 N–H and O–H groups in total. The van der Waals surface area contributed by atoms with Crippen molar-refractivity contribution in [3.8, 4) is 0 Å². The number of amidine groups is 1. The van der Waals surface area contributed by atoms with Gasteiger partial charge >= 0.3 is 0 Å². The molecule has 1 fully saturated rings. The average molecular weight is 519 g/mol. The van der Waals surface area contributed by atoms with Gasteiger partial charge in [0.15, 0.2) is 0 Å². The zero-order valence-corrected chi connectivity index (χ0v) is 20.2. The van der Waals surface area contributed by atoms with Gasteiger partial charge in [0.05, 0.1) is 24.6 Å². The van der Waals surface area contributed by atoms with Crippen LogP contribution in [0.15, 0.2) is 76.7 Å². The number of para-hydroxylation sites is 1. The number of rotatable bonds is 4. The number of aliphatic imine (C=N–C) groups is 2. The third-order valence-electron chi connectivity index (χ3n) is 6.06. The number of hydrogen-bond donors (Lipinski definition) is 3. The lowest BCUT2D eigenvalue weighted by molar-refractivity contribution is -0.117. The number of halogens is 2. The summed E-state index contributed by atoms with van der Waals surface area (Å²) < 4.78 is 40.1. The fourth-order valence-corrected chi connectivity index (χ4v) is 4.24. The number of hydrogen-bond acceptors (Lipinski definition) is 7. The lowest BCUT2D eigenvalue weighted by Gasteiger charge is -2.29. The Hall–Kier alpha value is -4.64. The molecule has 1 amide bonds.